The highest BCUT2D eigenvalue weighted by Gasteiger charge is 2.22. The van der Waals surface area contributed by atoms with Crippen molar-refractivity contribution < 1.29 is 4.39 Å². The maximum absolute atomic E-state index is 14.3. The van der Waals surface area contributed by atoms with Gasteiger partial charge in [-0.15, -0.1) is 0 Å². The molecule has 1 aromatic rings. The summed E-state index contributed by atoms with van der Waals surface area (Å²) in [6, 6.07) is 3.71. The van der Waals surface area contributed by atoms with E-state index >= 15 is 0 Å². The van der Waals surface area contributed by atoms with Crippen LogP contribution in [0.25, 0.3) is 0 Å². The van der Waals surface area contributed by atoms with Crippen LogP contribution in [0.4, 0.5) is 4.39 Å². The molecule has 0 heterocycles. The van der Waals surface area contributed by atoms with E-state index in [0.29, 0.717) is 16.0 Å². The Kier molecular flexibility index (Phi) is 6.31. The average molecular weight is 363 g/mol. The Bertz CT molecular complexity index is 444. The molecule has 1 aliphatic rings. The van der Waals surface area contributed by atoms with Crippen molar-refractivity contribution in [3.05, 3.63) is 33.0 Å². The van der Waals surface area contributed by atoms with E-state index in [-0.39, 0.29) is 16.9 Å². The Morgan fingerprint density at radius 1 is 1.30 bits per heavy atom. The fourth-order valence-corrected chi connectivity index (χ4v) is 3.62. The van der Waals surface area contributed by atoms with Gasteiger partial charge >= 0.3 is 0 Å². The van der Waals surface area contributed by atoms with Crippen LogP contribution in [0, 0.1) is 11.7 Å². The standard InChI is InChI=1S/C16H22BrClFN/c1-20-14(10-11-6-4-2-3-5-7-11)12-8-9-13(17)15(18)16(12)19/h8-9,11,14,20H,2-7,10H2,1H3. The molecule has 1 unspecified atom stereocenters. The molecule has 0 spiro atoms. The van der Waals surface area contributed by atoms with Crippen LogP contribution >= 0.6 is 27.5 Å². The topological polar surface area (TPSA) is 12.0 Å². The molecule has 0 radical (unpaired) electrons. The smallest absolute Gasteiger partial charge is 0.147 e. The summed E-state index contributed by atoms with van der Waals surface area (Å²) in [5, 5.41) is 3.44. The summed E-state index contributed by atoms with van der Waals surface area (Å²) < 4.78 is 14.9. The van der Waals surface area contributed by atoms with Gasteiger partial charge < -0.3 is 5.32 Å². The zero-order chi connectivity index (χ0) is 14.5. The Labute approximate surface area is 134 Å². The lowest BCUT2D eigenvalue weighted by Crippen LogP contribution is -2.21. The van der Waals surface area contributed by atoms with Crippen LogP contribution in [0.1, 0.15) is 56.6 Å². The molecule has 20 heavy (non-hydrogen) atoms. The van der Waals surface area contributed by atoms with Crippen molar-refractivity contribution in [2.24, 2.45) is 5.92 Å². The van der Waals surface area contributed by atoms with Crippen molar-refractivity contribution in [2.45, 2.75) is 51.0 Å². The number of hydrogen-bond donors (Lipinski definition) is 1. The average Bonchev–Trinajstić information content (AvgIpc) is 2.71. The third-order valence-electron chi connectivity index (χ3n) is 4.33. The highest BCUT2D eigenvalue weighted by atomic mass is 79.9. The Morgan fingerprint density at radius 2 is 1.95 bits per heavy atom. The second-order valence-electron chi connectivity index (χ2n) is 5.70. The van der Waals surface area contributed by atoms with Crippen LogP contribution in [0.3, 0.4) is 0 Å². The highest BCUT2D eigenvalue weighted by Crippen LogP contribution is 2.35. The minimum atomic E-state index is -0.297. The zero-order valence-electron chi connectivity index (χ0n) is 11.9. The van der Waals surface area contributed by atoms with Gasteiger partial charge in [0.1, 0.15) is 5.82 Å². The summed E-state index contributed by atoms with van der Waals surface area (Å²) >= 11 is 9.27. The summed E-state index contributed by atoms with van der Waals surface area (Å²) in [4.78, 5) is 0. The molecular weight excluding hydrogens is 341 g/mol. The van der Waals surface area contributed by atoms with E-state index in [4.69, 9.17) is 11.6 Å². The molecule has 1 aromatic carbocycles. The summed E-state index contributed by atoms with van der Waals surface area (Å²) in [7, 11) is 1.90. The molecule has 0 aliphatic heterocycles. The Hall–Kier alpha value is -0.120. The van der Waals surface area contributed by atoms with Gasteiger partial charge in [-0.05, 0) is 41.4 Å². The van der Waals surface area contributed by atoms with Crippen molar-refractivity contribution in [1.82, 2.24) is 5.32 Å². The van der Waals surface area contributed by atoms with Crippen molar-refractivity contribution in [3.8, 4) is 0 Å². The van der Waals surface area contributed by atoms with Gasteiger partial charge in [0, 0.05) is 16.1 Å². The van der Waals surface area contributed by atoms with Crippen LogP contribution in [0.15, 0.2) is 16.6 Å². The Morgan fingerprint density at radius 3 is 2.55 bits per heavy atom. The maximum atomic E-state index is 14.3. The molecule has 1 saturated carbocycles. The fraction of sp³-hybridized carbons (Fsp3) is 0.625. The molecule has 112 valence electrons. The van der Waals surface area contributed by atoms with Gasteiger partial charge in [-0.2, -0.15) is 0 Å². The first-order valence-electron chi connectivity index (χ1n) is 7.44. The number of nitrogens with one attached hydrogen (secondary N) is 1. The first-order chi connectivity index (χ1) is 9.63. The number of halogens is 3. The minimum Gasteiger partial charge on any atom is -0.313 e. The quantitative estimate of drug-likeness (QED) is 0.522. The van der Waals surface area contributed by atoms with Crippen LogP contribution in [0.5, 0.6) is 0 Å². The largest absolute Gasteiger partial charge is 0.313 e. The molecule has 0 bridgehead atoms. The molecule has 1 atom stereocenters. The molecule has 0 saturated heterocycles. The first kappa shape index (κ1) is 16.3. The van der Waals surface area contributed by atoms with E-state index in [9.17, 15) is 4.39 Å². The molecule has 1 aliphatic carbocycles. The first-order valence-corrected chi connectivity index (χ1v) is 8.61. The van der Waals surface area contributed by atoms with Gasteiger partial charge in [0.15, 0.2) is 0 Å². The van der Waals surface area contributed by atoms with Gasteiger partial charge in [0.05, 0.1) is 5.02 Å². The van der Waals surface area contributed by atoms with Crippen molar-refractivity contribution >= 4 is 27.5 Å². The molecule has 2 rings (SSSR count). The molecular formula is C16H22BrClFN. The van der Waals surface area contributed by atoms with Gasteiger partial charge in [0.25, 0.3) is 0 Å². The highest BCUT2D eigenvalue weighted by molar-refractivity contribution is 9.10. The second kappa shape index (κ2) is 7.77. The van der Waals surface area contributed by atoms with Crippen LogP contribution in [-0.4, -0.2) is 7.05 Å². The molecule has 4 heteroatoms. The maximum Gasteiger partial charge on any atom is 0.147 e. The molecule has 1 fully saturated rings. The predicted molar refractivity (Wildman–Crippen MR) is 86.7 cm³/mol. The summed E-state index contributed by atoms with van der Waals surface area (Å²) in [5.41, 5.74) is 0.685. The van der Waals surface area contributed by atoms with Crippen LogP contribution in [-0.2, 0) is 0 Å². The monoisotopic (exact) mass is 361 g/mol. The molecule has 1 N–H and O–H groups in total. The third-order valence-corrected chi connectivity index (χ3v) is 5.59. The van der Waals surface area contributed by atoms with E-state index in [1.54, 1.807) is 0 Å². The number of benzene rings is 1. The third kappa shape index (κ3) is 3.96. The van der Waals surface area contributed by atoms with E-state index in [1.807, 2.05) is 19.2 Å². The lowest BCUT2D eigenvalue weighted by molar-refractivity contribution is 0.362. The van der Waals surface area contributed by atoms with Gasteiger partial charge in [0.2, 0.25) is 0 Å². The minimum absolute atomic E-state index is 0.0451. The second-order valence-corrected chi connectivity index (χ2v) is 6.93. The summed E-state index contributed by atoms with van der Waals surface area (Å²) in [5.74, 6) is 0.394. The van der Waals surface area contributed by atoms with Gasteiger partial charge in [-0.1, -0.05) is 56.2 Å². The van der Waals surface area contributed by atoms with E-state index in [1.165, 1.54) is 38.5 Å². The van der Waals surface area contributed by atoms with Crippen LogP contribution < -0.4 is 5.32 Å². The Balaban J connectivity index is 2.13. The van der Waals surface area contributed by atoms with Crippen molar-refractivity contribution in [2.75, 3.05) is 7.05 Å². The van der Waals surface area contributed by atoms with E-state index in [0.717, 1.165) is 6.42 Å². The predicted octanol–water partition coefficient (Wildman–Crippen LogP) is 5.86. The molecule has 0 amide bonds. The van der Waals surface area contributed by atoms with Gasteiger partial charge in [-0.3, -0.25) is 0 Å². The molecule has 1 nitrogen and oxygen atoms in total. The lowest BCUT2D eigenvalue weighted by Gasteiger charge is -2.23. The summed E-state index contributed by atoms with van der Waals surface area (Å²) in [6.45, 7) is 0. The molecule has 0 aromatic heterocycles. The number of hydrogen-bond acceptors (Lipinski definition) is 1. The normalized spacial score (nSPS) is 18.8. The van der Waals surface area contributed by atoms with Gasteiger partial charge in [-0.25, -0.2) is 4.39 Å². The van der Waals surface area contributed by atoms with Crippen LogP contribution in [0.2, 0.25) is 5.02 Å². The fourth-order valence-electron chi connectivity index (χ4n) is 3.14. The van der Waals surface area contributed by atoms with E-state index < -0.39 is 0 Å². The zero-order valence-corrected chi connectivity index (χ0v) is 14.2. The van der Waals surface area contributed by atoms with Crippen molar-refractivity contribution in [3.63, 3.8) is 0 Å². The number of rotatable bonds is 4. The van der Waals surface area contributed by atoms with E-state index in [2.05, 4.69) is 21.2 Å². The van der Waals surface area contributed by atoms with Crippen molar-refractivity contribution in [1.29, 1.82) is 0 Å². The SMILES string of the molecule is CNC(CC1CCCCCC1)c1ccc(Br)c(Cl)c1F. The summed E-state index contributed by atoms with van der Waals surface area (Å²) in [6.07, 6.45) is 8.84. The lowest BCUT2D eigenvalue weighted by atomic mass is 9.89.